The number of ether oxygens (including phenoxy) is 2. The van der Waals surface area contributed by atoms with E-state index >= 15 is 0 Å². The second-order valence-corrected chi connectivity index (χ2v) is 7.47. The van der Waals surface area contributed by atoms with E-state index in [1.54, 1.807) is 0 Å². The monoisotopic (exact) mass is 398 g/mol. The SMILES string of the molecule is CCCCCCCC/C=C\CCCCCCCC(=O)OC[C@H](O)COC(C)=O. The van der Waals surface area contributed by atoms with Gasteiger partial charge < -0.3 is 14.6 Å². The summed E-state index contributed by atoms with van der Waals surface area (Å²) in [5.41, 5.74) is 0. The highest BCUT2D eigenvalue weighted by Gasteiger charge is 2.10. The number of unbranched alkanes of at least 4 members (excludes halogenated alkanes) is 11. The molecule has 0 fully saturated rings. The second kappa shape index (κ2) is 20.4. The van der Waals surface area contributed by atoms with Crippen LogP contribution in [0.3, 0.4) is 0 Å². The number of hydrogen-bond donors (Lipinski definition) is 1. The standard InChI is InChI=1S/C23H42O5/c1-3-4-5-6-7-8-9-10-11-12-13-14-15-16-17-18-23(26)28-20-22(25)19-27-21(2)24/h10-11,22,25H,3-9,12-20H2,1-2H3/b11-10-/t22-/m1/s1. The summed E-state index contributed by atoms with van der Waals surface area (Å²) >= 11 is 0. The highest BCUT2D eigenvalue weighted by Crippen LogP contribution is 2.10. The number of aliphatic hydroxyl groups is 1. The summed E-state index contributed by atoms with van der Waals surface area (Å²) in [6, 6.07) is 0. The number of rotatable bonds is 19. The Morgan fingerprint density at radius 2 is 1.29 bits per heavy atom. The molecular weight excluding hydrogens is 356 g/mol. The van der Waals surface area contributed by atoms with Crippen LogP contribution in [0.5, 0.6) is 0 Å². The number of carbonyl (C=O) groups is 2. The number of esters is 2. The van der Waals surface area contributed by atoms with E-state index in [4.69, 9.17) is 4.74 Å². The Labute approximate surface area is 171 Å². The van der Waals surface area contributed by atoms with Crippen molar-refractivity contribution in [1.82, 2.24) is 0 Å². The molecule has 0 rings (SSSR count). The molecule has 28 heavy (non-hydrogen) atoms. The molecule has 0 aliphatic carbocycles. The summed E-state index contributed by atoms with van der Waals surface area (Å²) in [5, 5.41) is 9.49. The molecule has 164 valence electrons. The van der Waals surface area contributed by atoms with E-state index in [0.29, 0.717) is 6.42 Å². The molecule has 0 radical (unpaired) electrons. The predicted octanol–water partition coefficient (Wildman–Crippen LogP) is 5.49. The van der Waals surface area contributed by atoms with E-state index in [9.17, 15) is 14.7 Å². The molecule has 1 N–H and O–H groups in total. The first-order valence-corrected chi connectivity index (χ1v) is 11.2. The van der Waals surface area contributed by atoms with Crippen molar-refractivity contribution in [3.63, 3.8) is 0 Å². The van der Waals surface area contributed by atoms with Crippen molar-refractivity contribution >= 4 is 11.9 Å². The van der Waals surface area contributed by atoms with Crippen LogP contribution >= 0.6 is 0 Å². The van der Waals surface area contributed by atoms with Gasteiger partial charge in [0, 0.05) is 13.3 Å². The lowest BCUT2D eigenvalue weighted by atomic mass is 10.1. The van der Waals surface area contributed by atoms with E-state index in [1.807, 2.05) is 0 Å². The molecule has 0 aromatic carbocycles. The Kier molecular flexibility index (Phi) is 19.4. The summed E-state index contributed by atoms with van der Waals surface area (Å²) in [4.78, 5) is 22.2. The van der Waals surface area contributed by atoms with E-state index in [-0.39, 0.29) is 19.2 Å². The first-order chi connectivity index (χ1) is 13.6. The summed E-state index contributed by atoms with van der Waals surface area (Å²) < 4.78 is 9.61. The molecule has 0 aromatic heterocycles. The average molecular weight is 399 g/mol. The molecule has 0 aliphatic heterocycles. The fourth-order valence-electron chi connectivity index (χ4n) is 2.86. The predicted molar refractivity (Wildman–Crippen MR) is 113 cm³/mol. The Morgan fingerprint density at radius 1 is 0.786 bits per heavy atom. The van der Waals surface area contributed by atoms with Crippen molar-refractivity contribution in [1.29, 1.82) is 0 Å². The zero-order valence-electron chi connectivity index (χ0n) is 18.1. The quantitative estimate of drug-likeness (QED) is 0.177. The highest BCUT2D eigenvalue weighted by molar-refractivity contribution is 5.69. The van der Waals surface area contributed by atoms with Gasteiger partial charge in [-0.2, -0.15) is 0 Å². The third-order valence-electron chi connectivity index (χ3n) is 4.56. The molecule has 0 aromatic rings. The molecule has 0 heterocycles. The lowest BCUT2D eigenvalue weighted by molar-refractivity contribution is -0.151. The minimum atomic E-state index is -0.957. The van der Waals surface area contributed by atoms with Crippen LogP contribution in [0.4, 0.5) is 0 Å². The molecular formula is C23H42O5. The van der Waals surface area contributed by atoms with Crippen molar-refractivity contribution in [2.24, 2.45) is 0 Å². The molecule has 1 atom stereocenters. The molecule has 0 amide bonds. The van der Waals surface area contributed by atoms with Gasteiger partial charge in [0.2, 0.25) is 0 Å². The first-order valence-electron chi connectivity index (χ1n) is 11.2. The maximum atomic E-state index is 11.6. The zero-order chi connectivity index (χ0) is 20.9. The van der Waals surface area contributed by atoms with Gasteiger partial charge in [0.15, 0.2) is 0 Å². The van der Waals surface area contributed by atoms with Crippen LogP contribution in [0, 0.1) is 0 Å². The summed E-state index contributed by atoms with van der Waals surface area (Å²) in [6.07, 6.45) is 19.9. The third kappa shape index (κ3) is 20.9. The smallest absolute Gasteiger partial charge is 0.305 e. The summed E-state index contributed by atoms with van der Waals surface area (Å²) in [7, 11) is 0. The van der Waals surface area contributed by atoms with Gasteiger partial charge in [-0.05, 0) is 32.1 Å². The fraction of sp³-hybridized carbons (Fsp3) is 0.826. The minimum absolute atomic E-state index is 0.128. The number of carbonyl (C=O) groups excluding carboxylic acids is 2. The largest absolute Gasteiger partial charge is 0.463 e. The molecule has 0 unspecified atom stereocenters. The first kappa shape index (κ1) is 26.6. The minimum Gasteiger partial charge on any atom is -0.463 e. The Bertz CT molecular complexity index is 406. The molecule has 5 nitrogen and oxygen atoms in total. The summed E-state index contributed by atoms with van der Waals surface area (Å²) in [5.74, 6) is -0.766. The van der Waals surface area contributed by atoms with Crippen LogP contribution in [0.1, 0.15) is 104 Å². The van der Waals surface area contributed by atoms with Gasteiger partial charge in [0.1, 0.15) is 19.3 Å². The average Bonchev–Trinajstić information content (AvgIpc) is 2.67. The maximum Gasteiger partial charge on any atom is 0.305 e. The Hall–Kier alpha value is -1.36. The molecule has 5 heteroatoms. The van der Waals surface area contributed by atoms with Gasteiger partial charge in [0.25, 0.3) is 0 Å². The lowest BCUT2D eigenvalue weighted by Gasteiger charge is -2.11. The van der Waals surface area contributed by atoms with Crippen molar-refractivity contribution < 1.29 is 24.2 Å². The van der Waals surface area contributed by atoms with Crippen molar-refractivity contribution in [3.8, 4) is 0 Å². The lowest BCUT2D eigenvalue weighted by Crippen LogP contribution is -2.24. The van der Waals surface area contributed by atoms with E-state index in [0.717, 1.165) is 25.7 Å². The van der Waals surface area contributed by atoms with Gasteiger partial charge in [-0.25, -0.2) is 0 Å². The van der Waals surface area contributed by atoms with Crippen LogP contribution in [0.2, 0.25) is 0 Å². The highest BCUT2D eigenvalue weighted by atomic mass is 16.6. The van der Waals surface area contributed by atoms with Crippen molar-refractivity contribution in [3.05, 3.63) is 12.2 Å². The van der Waals surface area contributed by atoms with Gasteiger partial charge in [-0.3, -0.25) is 9.59 Å². The molecule has 0 bridgehead atoms. The Morgan fingerprint density at radius 3 is 1.86 bits per heavy atom. The number of hydrogen-bond acceptors (Lipinski definition) is 5. The van der Waals surface area contributed by atoms with Crippen molar-refractivity contribution in [2.75, 3.05) is 13.2 Å². The van der Waals surface area contributed by atoms with Crippen LogP contribution in [0.15, 0.2) is 12.2 Å². The maximum absolute atomic E-state index is 11.6. The topological polar surface area (TPSA) is 72.8 Å². The normalized spacial score (nSPS) is 12.2. The fourth-order valence-corrected chi connectivity index (χ4v) is 2.86. The molecule has 0 aliphatic rings. The van der Waals surface area contributed by atoms with E-state index < -0.39 is 12.1 Å². The number of aliphatic hydroxyl groups excluding tert-OH is 1. The van der Waals surface area contributed by atoms with Gasteiger partial charge >= 0.3 is 11.9 Å². The number of allylic oxidation sites excluding steroid dienone is 2. The summed E-state index contributed by atoms with van der Waals surface area (Å²) in [6.45, 7) is 3.25. The van der Waals surface area contributed by atoms with Crippen LogP contribution in [-0.4, -0.2) is 36.4 Å². The Balaban J connectivity index is 3.32. The second-order valence-electron chi connectivity index (χ2n) is 7.47. The van der Waals surface area contributed by atoms with Gasteiger partial charge in [-0.15, -0.1) is 0 Å². The van der Waals surface area contributed by atoms with Gasteiger partial charge in [0.05, 0.1) is 0 Å². The van der Waals surface area contributed by atoms with Gasteiger partial charge in [-0.1, -0.05) is 70.4 Å². The molecule has 0 saturated carbocycles. The molecule has 0 spiro atoms. The van der Waals surface area contributed by atoms with E-state index in [2.05, 4.69) is 23.8 Å². The zero-order valence-corrected chi connectivity index (χ0v) is 18.1. The van der Waals surface area contributed by atoms with Crippen molar-refractivity contribution in [2.45, 2.75) is 110 Å². The van der Waals surface area contributed by atoms with Crippen LogP contribution < -0.4 is 0 Å². The molecule has 0 saturated heterocycles. The van der Waals surface area contributed by atoms with Crippen LogP contribution in [0.25, 0.3) is 0 Å². The third-order valence-corrected chi connectivity index (χ3v) is 4.56. The van der Waals surface area contributed by atoms with Crippen LogP contribution in [-0.2, 0) is 19.1 Å². The van der Waals surface area contributed by atoms with E-state index in [1.165, 1.54) is 64.7 Å².